The zero-order valence-electron chi connectivity index (χ0n) is 18.4. The summed E-state index contributed by atoms with van der Waals surface area (Å²) in [6.45, 7) is 0.255. The van der Waals surface area contributed by atoms with Crippen LogP contribution in [0, 0.1) is 9.39 Å². The molecule has 1 aliphatic heterocycles. The van der Waals surface area contributed by atoms with Crippen molar-refractivity contribution in [2.45, 2.75) is 13.2 Å². The Hall–Kier alpha value is -3.17. The summed E-state index contributed by atoms with van der Waals surface area (Å²) >= 11 is 3.13. The molecule has 174 valence electrons. The summed E-state index contributed by atoms with van der Waals surface area (Å²) < 4.78 is 21.2. The summed E-state index contributed by atoms with van der Waals surface area (Å²) in [5, 5.41) is 1.53. The Morgan fingerprint density at radius 3 is 2.46 bits per heavy atom. The molecule has 0 aliphatic carbocycles. The molecule has 2 amide bonds. The zero-order chi connectivity index (χ0) is 24.4. The monoisotopic (exact) mass is 595 g/mol. The molecule has 0 radical (unpaired) electrons. The molecule has 4 nitrogen and oxygen atoms in total. The van der Waals surface area contributed by atoms with Crippen LogP contribution in [-0.4, -0.2) is 16.0 Å². The van der Waals surface area contributed by atoms with Crippen LogP contribution in [0.5, 0.6) is 5.75 Å². The maximum Gasteiger partial charge on any atom is 0.293 e. The van der Waals surface area contributed by atoms with Crippen molar-refractivity contribution in [2.24, 2.45) is 0 Å². The molecule has 0 atom stereocenters. The van der Waals surface area contributed by atoms with Crippen LogP contribution in [0.3, 0.4) is 0 Å². The lowest BCUT2D eigenvalue weighted by Gasteiger charge is -2.14. The third-order valence-corrected chi connectivity index (χ3v) is 7.30. The summed E-state index contributed by atoms with van der Waals surface area (Å²) in [5.74, 6) is -0.172. The highest BCUT2D eigenvalue weighted by molar-refractivity contribution is 14.1. The molecule has 1 aliphatic rings. The molecular formula is C28H19FINO3S. The number of benzene rings is 4. The van der Waals surface area contributed by atoms with Gasteiger partial charge >= 0.3 is 0 Å². The second-order valence-corrected chi connectivity index (χ2v) is 10.2. The minimum Gasteiger partial charge on any atom is -0.488 e. The van der Waals surface area contributed by atoms with E-state index in [9.17, 15) is 14.0 Å². The predicted octanol–water partition coefficient (Wildman–Crippen LogP) is 7.40. The van der Waals surface area contributed by atoms with E-state index in [1.54, 1.807) is 24.3 Å². The van der Waals surface area contributed by atoms with Gasteiger partial charge in [-0.2, -0.15) is 0 Å². The van der Waals surface area contributed by atoms with Gasteiger partial charge in [-0.15, -0.1) is 0 Å². The summed E-state index contributed by atoms with van der Waals surface area (Å²) in [6, 6.07) is 25.6. The first-order valence-corrected chi connectivity index (χ1v) is 12.8. The first kappa shape index (κ1) is 23.6. The predicted molar refractivity (Wildman–Crippen MR) is 145 cm³/mol. The number of hydrogen-bond acceptors (Lipinski definition) is 4. The van der Waals surface area contributed by atoms with Gasteiger partial charge in [-0.1, -0.05) is 60.7 Å². The molecule has 4 aromatic carbocycles. The fraction of sp³-hybridized carbons (Fsp3) is 0.0714. The number of carbonyl (C=O) groups excluding carboxylic acids is 2. The average Bonchev–Trinajstić information content (AvgIpc) is 3.13. The molecular weight excluding hydrogens is 576 g/mol. The first-order chi connectivity index (χ1) is 17.0. The van der Waals surface area contributed by atoms with Gasteiger partial charge in [-0.05, 0) is 81.0 Å². The fourth-order valence-electron chi connectivity index (χ4n) is 3.86. The largest absolute Gasteiger partial charge is 0.488 e. The van der Waals surface area contributed by atoms with Crippen molar-refractivity contribution in [3.63, 3.8) is 0 Å². The summed E-state index contributed by atoms with van der Waals surface area (Å²) in [5.41, 5.74) is 2.00. The number of carbonyl (C=O) groups is 2. The van der Waals surface area contributed by atoms with Crippen molar-refractivity contribution in [2.75, 3.05) is 0 Å². The number of halogens is 2. The number of thioether (sulfide) groups is 1. The van der Waals surface area contributed by atoms with E-state index in [1.165, 1.54) is 11.0 Å². The molecule has 7 heteroatoms. The smallest absolute Gasteiger partial charge is 0.293 e. The number of ether oxygens (including phenoxy) is 1. The van der Waals surface area contributed by atoms with E-state index < -0.39 is 0 Å². The molecule has 0 unspecified atom stereocenters. The number of hydrogen-bond donors (Lipinski definition) is 0. The second kappa shape index (κ2) is 10.2. The fourth-order valence-corrected chi connectivity index (χ4v) is 5.04. The number of nitrogens with zero attached hydrogens (tertiary/aromatic N) is 1. The molecule has 1 fully saturated rings. The summed E-state index contributed by atoms with van der Waals surface area (Å²) in [7, 11) is 0. The molecule has 1 heterocycles. The van der Waals surface area contributed by atoms with Crippen molar-refractivity contribution >= 4 is 62.3 Å². The van der Waals surface area contributed by atoms with Crippen LogP contribution in [0.15, 0.2) is 89.8 Å². The molecule has 0 saturated carbocycles. The van der Waals surface area contributed by atoms with E-state index in [-0.39, 0.29) is 30.1 Å². The Kier molecular flexibility index (Phi) is 6.88. The van der Waals surface area contributed by atoms with E-state index in [4.69, 9.17) is 4.74 Å². The molecule has 0 N–H and O–H groups in total. The quantitative estimate of drug-likeness (QED) is 0.172. The van der Waals surface area contributed by atoms with Gasteiger partial charge < -0.3 is 4.74 Å². The second-order valence-electron chi connectivity index (χ2n) is 7.97. The molecule has 0 bridgehead atoms. The van der Waals surface area contributed by atoms with Crippen molar-refractivity contribution in [3.8, 4) is 5.75 Å². The maximum atomic E-state index is 14.1. The summed E-state index contributed by atoms with van der Waals surface area (Å²) in [6.07, 6.45) is 1.71. The Bertz CT molecular complexity index is 1470. The van der Waals surface area contributed by atoms with Crippen LogP contribution in [0.25, 0.3) is 16.8 Å². The van der Waals surface area contributed by atoms with Crippen molar-refractivity contribution < 1.29 is 18.7 Å². The van der Waals surface area contributed by atoms with Gasteiger partial charge in [0.25, 0.3) is 11.1 Å². The van der Waals surface area contributed by atoms with E-state index in [1.807, 2.05) is 60.7 Å². The van der Waals surface area contributed by atoms with E-state index in [0.717, 1.165) is 31.7 Å². The highest BCUT2D eigenvalue weighted by atomic mass is 127. The third-order valence-electron chi connectivity index (χ3n) is 5.67. The first-order valence-electron chi connectivity index (χ1n) is 10.9. The van der Waals surface area contributed by atoms with E-state index in [0.29, 0.717) is 21.8 Å². The van der Waals surface area contributed by atoms with E-state index in [2.05, 4.69) is 22.6 Å². The average molecular weight is 595 g/mol. The normalized spacial score (nSPS) is 14.8. The molecule has 35 heavy (non-hydrogen) atoms. The van der Waals surface area contributed by atoms with Crippen molar-refractivity contribution in [1.82, 2.24) is 4.90 Å². The van der Waals surface area contributed by atoms with Crippen LogP contribution in [0.4, 0.5) is 9.18 Å². The topological polar surface area (TPSA) is 46.6 Å². The Morgan fingerprint density at radius 1 is 0.914 bits per heavy atom. The van der Waals surface area contributed by atoms with E-state index >= 15 is 0 Å². The number of fused-ring (bicyclic) bond motifs is 1. The number of rotatable bonds is 6. The zero-order valence-corrected chi connectivity index (χ0v) is 21.4. The highest BCUT2D eigenvalue weighted by Gasteiger charge is 2.35. The number of amides is 2. The third kappa shape index (κ3) is 5.11. The minimum absolute atomic E-state index is 0.0418. The molecule has 0 spiro atoms. The van der Waals surface area contributed by atoms with Crippen LogP contribution >= 0.6 is 34.4 Å². The van der Waals surface area contributed by atoms with Gasteiger partial charge in [0.15, 0.2) is 0 Å². The highest BCUT2D eigenvalue weighted by Crippen LogP contribution is 2.37. The Labute approximate surface area is 219 Å². The Balaban J connectivity index is 1.48. The van der Waals surface area contributed by atoms with Crippen molar-refractivity contribution in [1.29, 1.82) is 0 Å². The van der Waals surface area contributed by atoms with Gasteiger partial charge in [-0.25, -0.2) is 4.39 Å². The van der Waals surface area contributed by atoms with Crippen LogP contribution in [0.2, 0.25) is 0 Å². The summed E-state index contributed by atoms with van der Waals surface area (Å²) in [4.78, 5) is 27.5. The lowest BCUT2D eigenvalue weighted by Crippen LogP contribution is -2.27. The minimum atomic E-state index is -0.341. The Morgan fingerprint density at radius 2 is 1.66 bits per heavy atom. The van der Waals surface area contributed by atoms with Gasteiger partial charge in [-0.3, -0.25) is 14.5 Å². The standard InChI is InChI=1S/C28H19FINO3S/c29-24-8-4-2-6-20(24)17-34-25-14-11-19-5-1-3-7-22(19)23(25)15-26-27(32)31(28(33)35-26)16-18-9-12-21(30)13-10-18/h1-15H,16-17H2/b26-15-. The maximum absolute atomic E-state index is 14.1. The van der Waals surface area contributed by atoms with Crippen LogP contribution in [0.1, 0.15) is 16.7 Å². The lowest BCUT2D eigenvalue weighted by molar-refractivity contribution is -0.123. The van der Waals surface area contributed by atoms with Gasteiger partial charge in [0.05, 0.1) is 11.4 Å². The lowest BCUT2D eigenvalue weighted by atomic mass is 10.0. The van der Waals surface area contributed by atoms with Gasteiger partial charge in [0.1, 0.15) is 18.2 Å². The molecule has 1 saturated heterocycles. The van der Waals surface area contributed by atoms with Crippen molar-refractivity contribution in [3.05, 3.63) is 116 Å². The SMILES string of the molecule is O=C1S/C(=C\c2c(OCc3ccccc3F)ccc3ccccc23)C(=O)N1Cc1ccc(I)cc1. The van der Waals surface area contributed by atoms with Gasteiger partial charge in [0.2, 0.25) is 0 Å². The van der Waals surface area contributed by atoms with Crippen LogP contribution in [-0.2, 0) is 17.9 Å². The molecule has 5 rings (SSSR count). The van der Waals surface area contributed by atoms with Crippen LogP contribution < -0.4 is 4.74 Å². The molecule has 4 aromatic rings. The number of imide groups is 1. The molecule has 0 aromatic heterocycles. The van der Waals surface area contributed by atoms with Gasteiger partial charge in [0, 0.05) is 14.7 Å².